The average Bonchev–Trinajstić information content (AvgIpc) is 3.05. The molecule has 5 rings (SSSR count). The Bertz CT molecular complexity index is 1140. The number of nitrogens with one attached hydrogen (secondary N) is 3. The molecule has 3 aromatic heterocycles. The Morgan fingerprint density at radius 3 is 2.65 bits per heavy atom. The van der Waals surface area contributed by atoms with Crippen LogP contribution in [0.5, 0.6) is 0 Å². The van der Waals surface area contributed by atoms with Crippen molar-refractivity contribution in [2.24, 2.45) is 0 Å². The summed E-state index contributed by atoms with van der Waals surface area (Å²) in [5.41, 5.74) is 2.02. The molecule has 0 radical (unpaired) electrons. The van der Waals surface area contributed by atoms with Gasteiger partial charge in [-0.25, -0.2) is 15.0 Å². The van der Waals surface area contributed by atoms with Gasteiger partial charge in [0, 0.05) is 18.3 Å². The first-order valence-electron chi connectivity index (χ1n) is 10.4. The van der Waals surface area contributed by atoms with Crippen LogP contribution < -0.4 is 20.7 Å². The number of hydrogen-bond donors (Lipinski definition) is 3. The van der Waals surface area contributed by atoms with E-state index in [1.54, 1.807) is 24.5 Å². The lowest BCUT2D eigenvalue weighted by Crippen LogP contribution is -2.49. The van der Waals surface area contributed by atoms with E-state index >= 15 is 0 Å². The molecule has 1 aliphatic carbocycles. The summed E-state index contributed by atoms with van der Waals surface area (Å²) < 4.78 is 0.863. The number of anilines is 4. The van der Waals surface area contributed by atoms with Crippen LogP contribution in [-0.4, -0.2) is 20.9 Å². The van der Waals surface area contributed by atoms with Crippen molar-refractivity contribution in [2.45, 2.75) is 44.6 Å². The summed E-state index contributed by atoms with van der Waals surface area (Å²) in [4.78, 5) is 25.2. The molecule has 158 valence electrons. The molecule has 9 heteroatoms. The lowest BCUT2D eigenvalue weighted by Gasteiger charge is -2.34. The van der Waals surface area contributed by atoms with E-state index in [-0.39, 0.29) is 5.91 Å². The van der Waals surface area contributed by atoms with Crippen LogP contribution >= 0.6 is 0 Å². The highest BCUT2D eigenvalue weighted by molar-refractivity contribution is 6.00. The Morgan fingerprint density at radius 1 is 1.13 bits per heavy atom. The second kappa shape index (κ2) is 7.50. The van der Waals surface area contributed by atoms with Gasteiger partial charge in [0.05, 0.1) is 17.4 Å². The maximum atomic E-state index is 13.4. The number of nitrogens with zero attached hydrogens (tertiary/aromatic N) is 4. The summed E-state index contributed by atoms with van der Waals surface area (Å²) in [6.07, 6.45) is 9.48. The molecule has 1 aliphatic heterocycles. The van der Waals surface area contributed by atoms with E-state index in [1.165, 1.54) is 6.33 Å². The molecule has 1 spiro atoms. The summed E-state index contributed by atoms with van der Waals surface area (Å²) in [6.45, 7) is 1.86. The molecule has 0 saturated heterocycles. The van der Waals surface area contributed by atoms with Gasteiger partial charge in [-0.05, 0) is 37.5 Å². The molecule has 3 N–H and O–H groups in total. The minimum Gasteiger partial charge on any atom is -0.710 e. The molecule has 0 atom stereocenters. The third kappa shape index (κ3) is 3.41. The lowest BCUT2D eigenvalue weighted by atomic mass is 9.79. The molecule has 31 heavy (non-hydrogen) atoms. The van der Waals surface area contributed by atoms with Crippen LogP contribution in [0, 0.1) is 12.1 Å². The molecule has 1 saturated carbocycles. The number of carbonyl (C=O) groups is 1. The lowest BCUT2D eigenvalue weighted by molar-refractivity contribution is -0.603. The van der Waals surface area contributed by atoms with Crippen LogP contribution in [0.2, 0.25) is 0 Å². The van der Waals surface area contributed by atoms with E-state index in [2.05, 4.69) is 30.9 Å². The molecule has 0 bridgehead atoms. The molecule has 0 aromatic carbocycles. The van der Waals surface area contributed by atoms with Gasteiger partial charge in [0.25, 0.3) is 11.7 Å². The number of carbonyl (C=O) groups excluding carboxylic acids is 1. The predicted octanol–water partition coefficient (Wildman–Crippen LogP) is 3.20. The number of aromatic nitrogens is 4. The minimum absolute atomic E-state index is 0.157. The van der Waals surface area contributed by atoms with Gasteiger partial charge < -0.3 is 15.8 Å². The van der Waals surface area contributed by atoms with E-state index in [1.807, 2.05) is 19.1 Å². The van der Waals surface area contributed by atoms with E-state index in [0.717, 1.165) is 48.1 Å². The van der Waals surface area contributed by atoms with Gasteiger partial charge in [-0.1, -0.05) is 19.3 Å². The Morgan fingerprint density at radius 2 is 1.90 bits per heavy atom. The normalized spacial score (nSPS) is 16.6. The zero-order chi connectivity index (χ0) is 21.4. The Labute approximate surface area is 179 Å². The first-order valence-corrected chi connectivity index (χ1v) is 10.4. The van der Waals surface area contributed by atoms with Crippen molar-refractivity contribution in [3.63, 3.8) is 0 Å². The van der Waals surface area contributed by atoms with Crippen molar-refractivity contribution in [3.8, 4) is 0 Å². The van der Waals surface area contributed by atoms with Gasteiger partial charge in [0.15, 0.2) is 0 Å². The quantitative estimate of drug-likeness (QED) is 0.440. The van der Waals surface area contributed by atoms with Crippen molar-refractivity contribution in [1.29, 1.82) is 0 Å². The first-order chi connectivity index (χ1) is 15.1. The van der Waals surface area contributed by atoms with Crippen LogP contribution in [0.4, 0.5) is 23.1 Å². The fourth-order valence-corrected chi connectivity index (χ4v) is 4.62. The summed E-state index contributed by atoms with van der Waals surface area (Å²) in [6, 6.07) is 7.12. The maximum Gasteiger partial charge on any atom is 0.284 e. The van der Waals surface area contributed by atoms with Crippen molar-refractivity contribution in [1.82, 2.24) is 20.3 Å². The van der Waals surface area contributed by atoms with E-state index in [0.29, 0.717) is 28.7 Å². The third-order valence-corrected chi connectivity index (χ3v) is 6.00. The van der Waals surface area contributed by atoms with Crippen LogP contribution in [-0.2, 0) is 5.54 Å². The molecule has 0 unspecified atom stereocenters. The molecular weight excluding hydrogens is 394 g/mol. The maximum absolute atomic E-state index is 13.4. The van der Waals surface area contributed by atoms with Gasteiger partial charge in [-0.3, -0.25) is 9.78 Å². The highest BCUT2D eigenvalue weighted by Gasteiger charge is 2.48. The fourth-order valence-electron chi connectivity index (χ4n) is 4.62. The number of hydrogen-bond acceptors (Lipinski definition) is 7. The second-order valence-corrected chi connectivity index (χ2v) is 8.11. The molecule has 1 fully saturated rings. The average molecular weight is 417 g/mol. The van der Waals surface area contributed by atoms with E-state index in [4.69, 9.17) is 0 Å². The largest absolute Gasteiger partial charge is 0.710 e. The minimum atomic E-state index is -0.576. The van der Waals surface area contributed by atoms with Crippen LogP contribution in [0.3, 0.4) is 0 Å². The Balaban J connectivity index is 1.49. The molecule has 9 nitrogen and oxygen atoms in total. The zero-order valence-corrected chi connectivity index (χ0v) is 17.2. The Kier molecular flexibility index (Phi) is 4.65. The molecule has 4 heterocycles. The number of aryl methyl sites for hydroxylation is 1. The monoisotopic (exact) mass is 417 g/mol. The van der Waals surface area contributed by atoms with E-state index in [9.17, 15) is 10.0 Å². The standard InChI is InChI=1S/C22H23N7O2/c1-14-10-18(27-17-11-16(24-13-25-17)26-15-6-5-9-23-12-15)29(31)20-19(14)21(30)28-22(20)7-3-2-4-8-22/h5-6,9-13H,2-4,7-8H2,1H3,(H,28,30)(H2,24,25,26,27). The van der Waals surface area contributed by atoms with Crippen molar-refractivity contribution >= 4 is 29.0 Å². The SMILES string of the molecule is Cc1cc(Nc2cc(Nc3cccnc3)ncn2)[n+]([O-])c2c1C(=O)NC21CCCCC1. The number of rotatable bonds is 4. The summed E-state index contributed by atoms with van der Waals surface area (Å²) in [5.74, 6) is 1.22. The smallest absolute Gasteiger partial charge is 0.284 e. The van der Waals surface area contributed by atoms with Crippen LogP contribution in [0.25, 0.3) is 0 Å². The van der Waals surface area contributed by atoms with Gasteiger partial charge in [-0.2, -0.15) is 4.98 Å². The predicted molar refractivity (Wildman–Crippen MR) is 115 cm³/mol. The first kappa shape index (κ1) is 19.2. The van der Waals surface area contributed by atoms with Gasteiger partial charge >= 0.3 is 0 Å². The second-order valence-electron chi connectivity index (χ2n) is 8.11. The van der Waals surface area contributed by atoms with Crippen molar-refractivity contribution < 1.29 is 9.52 Å². The highest BCUT2D eigenvalue weighted by Crippen LogP contribution is 2.42. The fraction of sp³-hybridized carbons (Fsp3) is 0.318. The third-order valence-electron chi connectivity index (χ3n) is 6.00. The molecule has 3 aromatic rings. The topological polar surface area (TPSA) is 119 Å². The van der Waals surface area contributed by atoms with Crippen LogP contribution in [0.15, 0.2) is 43.0 Å². The number of amides is 1. The van der Waals surface area contributed by atoms with Gasteiger partial charge in [0.2, 0.25) is 5.82 Å². The molecular formula is C22H23N7O2. The van der Waals surface area contributed by atoms with Gasteiger partial charge in [-0.15, -0.1) is 0 Å². The highest BCUT2D eigenvalue weighted by atomic mass is 16.5. The Hall–Kier alpha value is -3.75. The molecule has 2 aliphatic rings. The summed E-state index contributed by atoms with van der Waals surface area (Å²) >= 11 is 0. The van der Waals surface area contributed by atoms with Crippen LogP contribution in [0.1, 0.15) is 53.7 Å². The number of fused-ring (bicyclic) bond motifs is 2. The van der Waals surface area contributed by atoms with E-state index < -0.39 is 5.54 Å². The van der Waals surface area contributed by atoms with Crippen molar-refractivity contribution in [2.75, 3.05) is 10.6 Å². The van der Waals surface area contributed by atoms with Gasteiger partial charge in [0.1, 0.15) is 23.4 Å². The molecule has 1 amide bonds. The zero-order valence-electron chi connectivity index (χ0n) is 17.2. The van der Waals surface area contributed by atoms with Crippen molar-refractivity contribution in [3.05, 3.63) is 65.0 Å². The summed E-state index contributed by atoms with van der Waals surface area (Å²) in [7, 11) is 0. The summed E-state index contributed by atoms with van der Waals surface area (Å²) in [5, 5.41) is 22.8. The number of pyridine rings is 2.